The van der Waals surface area contributed by atoms with E-state index in [1.807, 2.05) is 24.3 Å². The molecular weight excluding hydrogens is 496 g/mol. The third-order valence-electron chi connectivity index (χ3n) is 4.72. The number of anilines is 1. The van der Waals surface area contributed by atoms with Crippen LogP contribution in [0, 0.1) is 0 Å². The van der Waals surface area contributed by atoms with Crippen molar-refractivity contribution in [1.29, 1.82) is 0 Å². The van der Waals surface area contributed by atoms with Crippen molar-refractivity contribution in [3.8, 4) is 5.75 Å². The first kappa shape index (κ1) is 21.8. The van der Waals surface area contributed by atoms with Gasteiger partial charge in [0, 0.05) is 10.0 Å². The third-order valence-corrected chi connectivity index (χ3v) is 5.79. The molecule has 1 aliphatic heterocycles. The smallest absolute Gasteiger partial charge is 0.335 e. The van der Waals surface area contributed by atoms with Crippen molar-refractivity contribution in [3.05, 3.63) is 99.0 Å². The fraction of sp³-hybridized carbons (Fsp3) is 0.0417. The second-order valence-electron chi connectivity index (χ2n) is 6.86. The highest BCUT2D eigenvalue weighted by Gasteiger charge is 2.36. The number of nitrogens with zero attached hydrogens (tertiary/aromatic N) is 1. The molecule has 3 aromatic rings. The third kappa shape index (κ3) is 4.59. The van der Waals surface area contributed by atoms with Gasteiger partial charge >= 0.3 is 6.03 Å². The molecule has 0 unspecified atom stereocenters. The van der Waals surface area contributed by atoms with Gasteiger partial charge in [-0.15, -0.1) is 0 Å². The Labute approximate surface area is 197 Å². The number of benzene rings is 3. The Morgan fingerprint density at radius 1 is 0.969 bits per heavy atom. The second kappa shape index (κ2) is 9.38. The number of halogens is 2. The molecule has 4 amide bonds. The van der Waals surface area contributed by atoms with Gasteiger partial charge in [0.1, 0.15) is 17.9 Å². The molecule has 0 atom stereocenters. The van der Waals surface area contributed by atoms with E-state index in [9.17, 15) is 14.4 Å². The predicted octanol–water partition coefficient (Wildman–Crippen LogP) is 5.35. The Morgan fingerprint density at radius 3 is 2.41 bits per heavy atom. The van der Waals surface area contributed by atoms with E-state index >= 15 is 0 Å². The molecule has 4 rings (SSSR count). The Morgan fingerprint density at radius 2 is 1.69 bits per heavy atom. The van der Waals surface area contributed by atoms with E-state index in [1.165, 1.54) is 6.08 Å². The van der Waals surface area contributed by atoms with Crippen LogP contribution in [0.3, 0.4) is 0 Å². The van der Waals surface area contributed by atoms with E-state index in [-0.39, 0.29) is 5.57 Å². The summed E-state index contributed by atoms with van der Waals surface area (Å²) in [6, 6.07) is 20.2. The maximum absolute atomic E-state index is 12.9. The summed E-state index contributed by atoms with van der Waals surface area (Å²) in [6.45, 7) is 0.316. The van der Waals surface area contributed by atoms with E-state index in [1.54, 1.807) is 48.5 Å². The molecule has 0 bridgehead atoms. The van der Waals surface area contributed by atoms with Gasteiger partial charge in [-0.3, -0.25) is 14.9 Å². The number of nitrogens with one attached hydrogen (secondary N) is 1. The number of imide groups is 2. The van der Waals surface area contributed by atoms with E-state index in [0.717, 1.165) is 14.9 Å². The van der Waals surface area contributed by atoms with Gasteiger partial charge in [-0.2, -0.15) is 0 Å². The van der Waals surface area contributed by atoms with Crippen LogP contribution in [0.4, 0.5) is 10.5 Å². The van der Waals surface area contributed by atoms with Crippen molar-refractivity contribution in [2.24, 2.45) is 0 Å². The van der Waals surface area contributed by atoms with Crippen LogP contribution in [0.5, 0.6) is 5.75 Å². The van der Waals surface area contributed by atoms with E-state index in [2.05, 4.69) is 21.2 Å². The van der Waals surface area contributed by atoms with Crippen molar-refractivity contribution < 1.29 is 19.1 Å². The first-order valence-electron chi connectivity index (χ1n) is 9.56. The van der Waals surface area contributed by atoms with Crippen LogP contribution in [0.1, 0.15) is 11.1 Å². The summed E-state index contributed by atoms with van der Waals surface area (Å²) < 4.78 is 6.73. The van der Waals surface area contributed by atoms with Gasteiger partial charge in [-0.1, -0.05) is 70.0 Å². The minimum atomic E-state index is -0.794. The fourth-order valence-corrected chi connectivity index (χ4v) is 3.77. The molecule has 1 fully saturated rings. The number of urea groups is 1. The average Bonchev–Trinajstić information content (AvgIpc) is 2.78. The van der Waals surface area contributed by atoms with Crippen molar-refractivity contribution in [3.63, 3.8) is 0 Å². The number of carbonyl (C=O) groups is 3. The summed E-state index contributed by atoms with van der Waals surface area (Å²) in [4.78, 5) is 38.4. The molecule has 0 saturated carbocycles. The van der Waals surface area contributed by atoms with Crippen molar-refractivity contribution >= 4 is 57.1 Å². The summed E-state index contributed by atoms with van der Waals surface area (Å²) in [5.41, 5.74) is 1.67. The predicted molar refractivity (Wildman–Crippen MR) is 125 cm³/mol. The molecule has 0 spiro atoms. The quantitative estimate of drug-likeness (QED) is 0.370. The minimum absolute atomic E-state index is 0.175. The lowest BCUT2D eigenvalue weighted by Gasteiger charge is -2.26. The van der Waals surface area contributed by atoms with Crippen LogP contribution in [-0.4, -0.2) is 17.8 Å². The number of ether oxygens (including phenoxy) is 1. The van der Waals surface area contributed by atoms with Crippen LogP contribution >= 0.6 is 27.5 Å². The largest absolute Gasteiger partial charge is 0.487 e. The van der Waals surface area contributed by atoms with E-state index in [4.69, 9.17) is 16.3 Å². The van der Waals surface area contributed by atoms with Crippen LogP contribution in [-0.2, 0) is 16.2 Å². The molecule has 160 valence electrons. The average molecular weight is 512 g/mol. The number of carbonyl (C=O) groups excluding carboxylic acids is 3. The number of amides is 4. The van der Waals surface area contributed by atoms with Crippen molar-refractivity contribution in [2.75, 3.05) is 4.90 Å². The molecule has 1 aliphatic rings. The zero-order valence-electron chi connectivity index (χ0n) is 16.5. The molecular formula is C24H16BrClN2O4. The van der Waals surface area contributed by atoms with Gasteiger partial charge in [0.15, 0.2) is 0 Å². The first-order chi connectivity index (χ1) is 15.4. The maximum atomic E-state index is 12.9. The van der Waals surface area contributed by atoms with Crippen LogP contribution in [0.15, 0.2) is 82.8 Å². The second-order valence-corrected chi connectivity index (χ2v) is 8.12. The standard InChI is InChI=1S/C24H16BrClN2O4/c25-19-9-5-4-6-16(19)14-32-21-11-10-15(13-20(21)26)12-18-22(29)27-24(31)28(23(18)30)17-7-2-1-3-8-17/h1-13H,14H2,(H,27,29,31)/b18-12+. The minimum Gasteiger partial charge on any atom is -0.487 e. The Balaban J connectivity index is 1.56. The number of para-hydroxylation sites is 1. The van der Waals surface area contributed by atoms with Gasteiger partial charge < -0.3 is 4.74 Å². The highest BCUT2D eigenvalue weighted by Crippen LogP contribution is 2.29. The lowest BCUT2D eigenvalue weighted by atomic mass is 10.1. The molecule has 0 radical (unpaired) electrons. The van der Waals surface area contributed by atoms with Gasteiger partial charge in [-0.25, -0.2) is 9.69 Å². The van der Waals surface area contributed by atoms with Crippen molar-refractivity contribution in [1.82, 2.24) is 5.32 Å². The zero-order chi connectivity index (χ0) is 22.7. The molecule has 1 saturated heterocycles. The van der Waals surface area contributed by atoms with E-state index < -0.39 is 17.8 Å². The topological polar surface area (TPSA) is 75.7 Å². The van der Waals surface area contributed by atoms with Crippen LogP contribution < -0.4 is 15.0 Å². The Kier molecular flexibility index (Phi) is 6.39. The summed E-state index contributed by atoms with van der Waals surface area (Å²) in [5.74, 6) is -1.02. The number of rotatable bonds is 5. The summed E-state index contributed by atoms with van der Waals surface area (Å²) in [6.07, 6.45) is 1.39. The van der Waals surface area contributed by atoms with E-state index in [0.29, 0.717) is 28.6 Å². The fourth-order valence-electron chi connectivity index (χ4n) is 3.13. The highest BCUT2D eigenvalue weighted by molar-refractivity contribution is 9.10. The molecule has 32 heavy (non-hydrogen) atoms. The number of hydrogen-bond donors (Lipinski definition) is 1. The SMILES string of the molecule is O=C1NC(=O)N(c2ccccc2)C(=O)/C1=C/c1ccc(OCc2ccccc2Br)c(Cl)c1. The summed E-state index contributed by atoms with van der Waals surface area (Å²) in [5, 5.41) is 2.52. The lowest BCUT2D eigenvalue weighted by molar-refractivity contribution is -0.122. The summed E-state index contributed by atoms with van der Waals surface area (Å²) in [7, 11) is 0. The Hall–Kier alpha value is -3.42. The molecule has 8 heteroatoms. The first-order valence-corrected chi connectivity index (χ1v) is 10.7. The number of barbiturate groups is 1. The lowest BCUT2D eigenvalue weighted by Crippen LogP contribution is -2.54. The maximum Gasteiger partial charge on any atom is 0.335 e. The summed E-state index contributed by atoms with van der Waals surface area (Å²) >= 11 is 9.83. The molecule has 0 aliphatic carbocycles. The van der Waals surface area contributed by atoms with Crippen LogP contribution in [0.2, 0.25) is 5.02 Å². The molecule has 0 aromatic heterocycles. The van der Waals surface area contributed by atoms with Gasteiger partial charge in [0.25, 0.3) is 11.8 Å². The van der Waals surface area contributed by atoms with Crippen molar-refractivity contribution in [2.45, 2.75) is 6.61 Å². The normalized spacial score (nSPS) is 15.1. The van der Waals surface area contributed by atoms with Gasteiger partial charge in [-0.05, 0) is 42.0 Å². The molecule has 1 N–H and O–H groups in total. The van der Waals surface area contributed by atoms with Gasteiger partial charge in [0.05, 0.1) is 10.7 Å². The molecule has 1 heterocycles. The molecule has 3 aromatic carbocycles. The highest BCUT2D eigenvalue weighted by atomic mass is 79.9. The van der Waals surface area contributed by atoms with Gasteiger partial charge in [0.2, 0.25) is 0 Å². The van der Waals surface area contributed by atoms with Crippen LogP contribution in [0.25, 0.3) is 6.08 Å². The monoisotopic (exact) mass is 510 g/mol. The zero-order valence-corrected chi connectivity index (χ0v) is 18.9. The Bertz CT molecular complexity index is 1240. The molecule has 6 nitrogen and oxygen atoms in total. The number of hydrogen-bond acceptors (Lipinski definition) is 4.